The lowest BCUT2D eigenvalue weighted by molar-refractivity contribution is 0.100. The number of fused-ring (bicyclic) bond motifs is 2. The Morgan fingerprint density at radius 2 is 1.78 bits per heavy atom. The molecule has 2 nitrogen and oxygen atoms in total. The topological polar surface area (TPSA) is 43.1 Å². The molecule has 3 aromatic carbocycles. The van der Waals surface area contributed by atoms with Crippen LogP contribution in [0.3, 0.4) is 0 Å². The van der Waals surface area contributed by atoms with Gasteiger partial charge in [0.25, 0.3) is 0 Å². The summed E-state index contributed by atoms with van der Waals surface area (Å²) in [6, 6.07) is 15.8. The monoisotopic (exact) mass is 299 g/mol. The number of hydrogen-bond donors (Lipinski definition) is 1. The Bertz CT molecular complexity index is 780. The van der Waals surface area contributed by atoms with E-state index in [1.807, 2.05) is 30.3 Å². The normalized spacial score (nSPS) is 10.9. The molecule has 1 amide bonds. The molecule has 88 valence electrons. The SMILES string of the molecule is NC(=O)c1cccc2cc3cc(Br)ccc3cc12. The predicted molar refractivity (Wildman–Crippen MR) is 77.7 cm³/mol. The van der Waals surface area contributed by atoms with Gasteiger partial charge in [-0.3, -0.25) is 4.79 Å². The maximum Gasteiger partial charge on any atom is 0.249 e. The summed E-state index contributed by atoms with van der Waals surface area (Å²) in [6.45, 7) is 0. The number of nitrogens with two attached hydrogens (primary N) is 1. The zero-order valence-electron chi connectivity index (χ0n) is 9.48. The summed E-state index contributed by atoms with van der Waals surface area (Å²) < 4.78 is 1.04. The van der Waals surface area contributed by atoms with E-state index in [1.54, 1.807) is 6.07 Å². The summed E-state index contributed by atoms with van der Waals surface area (Å²) in [7, 11) is 0. The zero-order valence-corrected chi connectivity index (χ0v) is 11.1. The fourth-order valence-electron chi connectivity index (χ4n) is 2.21. The molecule has 3 aromatic rings. The molecule has 0 saturated carbocycles. The van der Waals surface area contributed by atoms with Gasteiger partial charge in [0.2, 0.25) is 5.91 Å². The van der Waals surface area contributed by atoms with E-state index in [4.69, 9.17) is 5.73 Å². The van der Waals surface area contributed by atoms with Crippen molar-refractivity contribution in [2.24, 2.45) is 5.73 Å². The van der Waals surface area contributed by atoms with Gasteiger partial charge in [-0.25, -0.2) is 0 Å². The summed E-state index contributed by atoms with van der Waals surface area (Å²) in [5, 5.41) is 4.16. The first-order valence-electron chi connectivity index (χ1n) is 5.57. The van der Waals surface area contributed by atoms with E-state index in [0.717, 1.165) is 26.0 Å². The largest absolute Gasteiger partial charge is 0.366 e. The van der Waals surface area contributed by atoms with Crippen LogP contribution in [0.15, 0.2) is 53.0 Å². The van der Waals surface area contributed by atoms with Gasteiger partial charge in [0, 0.05) is 10.0 Å². The summed E-state index contributed by atoms with van der Waals surface area (Å²) in [4.78, 5) is 11.4. The van der Waals surface area contributed by atoms with Gasteiger partial charge in [-0.1, -0.05) is 34.1 Å². The molecular weight excluding hydrogens is 290 g/mol. The highest BCUT2D eigenvalue weighted by Gasteiger charge is 2.07. The van der Waals surface area contributed by atoms with Gasteiger partial charge in [-0.2, -0.15) is 0 Å². The second-order valence-corrected chi connectivity index (χ2v) is 5.15. The average Bonchev–Trinajstić information content (AvgIpc) is 2.35. The molecule has 2 N–H and O–H groups in total. The summed E-state index contributed by atoms with van der Waals surface area (Å²) in [6.07, 6.45) is 0. The van der Waals surface area contributed by atoms with Crippen LogP contribution in [0.5, 0.6) is 0 Å². The molecule has 0 atom stereocenters. The third-order valence-electron chi connectivity index (χ3n) is 3.06. The lowest BCUT2D eigenvalue weighted by atomic mass is 9.99. The zero-order chi connectivity index (χ0) is 12.7. The van der Waals surface area contributed by atoms with Crippen LogP contribution in [0.25, 0.3) is 21.5 Å². The number of halogens is 1. The summed E-state index contributed by atoms with van der Waals surface area (Å²) >= 11 is 3.46. The molecule has 0 saturated heterocycles. The smallest absolute Gasteiger partial charge is 0.249 e. The van der Waals surface area contributed by atoms with E-state index in [9.17, 15) is 4.79 Å². The van der Waals surface area contributed by atoms with Crippen molar-refractivity contribution >= 4 is 43.4 Å². The number of primary amides is 1. The minimum Gasteiger partial charge on any atom is -0.366 e. The molecular formula is C15H10BrNO. The van der Waals surface area contributed by atoms with Crippen molar-refractivity contribution in [1.82, 2.24) is 0 Å². The highest BCUT2D eigenvalue weighted by Crippen LogP contribution is 2.27. The first-order valence-corrected chi connectivity index (χ1v) is 6.36. The van der Waals surface area contributed by atoms with Crippen LogP contribution in [0.2, 0.25) is 0 Å². The molecule has 18 heavy (non-hydrogen) atoms. The van der Waals surface area contributed by atoms with Crippen molar-refractivity contribution in [1.29, 1.82) is 0 Å². The molecule has 0 spiro atoms. The second-order valence-electron chi connectivity index (χ2n) is 4.23. The van der Waals surface area contributed by atoms with Gasteiger partial charge in [0.05, 0.1) is 0 Å². The Labute approximate surface area is 113 Å². The third kappa shape index (κ3) is 1.77. The number of benzene rings is 3. The van der Waals surface area contributed by atoms with Crippen LogP contribution in [0.4, 0.5) is 0 Å². The molecule has 0 radical (unpaired) electrons. The Kier molecular flexibility index (Phi) is 2.56. The van der Waals surface area contributed by atoms with Gasteiger partial charge in [-0.05, 0) is 51.9 Å². The minimum absolute atomic E-state index is 0.392. The highest BCUT2D eigenvalue weighted by atomic mass is 79.9. The van der Waals surface area contributed by atoms with Crippen molar-refractivity contribution in [3.8, 4) is 0 Å². The molecule has 0 aliphatic heterocycles. The first-order chi connectivity index (χ1) is 8.65. The van der Waals surface area contributed by atoms with Crippen molar-refractivity contribution in [2.75, 3.05) is 0 Å². The Balaban J connectivity index is 2.44. The molecule has 3 heteroatoms. The molecule has 0 bridgehead atoms. The van der Waals surface area contributed by atoms with Gasteiger partial charge in [0.15, 0.2) is 0 Å². The standard InChI is InChI=1S/C15H10BrNO/c16-12-5-4-9-8-14-10(6-11(9)7-12)2-1-3-13(14)15(17)18/h1-8H,(H2,17,18). The molecule has 0 aromatic heterocycles. The molecule has 3 rings (SSSR count). The molecule has 0 fully saturated rings. The molecule has 0 unspecified atom stereocenters. The maximum absolute atomic E-state index is 11.4. The van der Waals surface area contributed by atoms with Gasteiger partial charge >= 0.3 is 0 Å². The molecule has 0 aliphatic carbocycles. The summed E-state index contributed by atoms with van der Waals surface area (Å²) in [5.74, 6) is -0.392. The number of carbonyl (C=O) groups excluding carboxylic acids is 1. The lowest BCUT2D eigenvalue weighted by Crippen LogP contribution is -2.11. The number of hydrogen-bond acceptors (Lipinski definition) is 1. The number of rotatable bonds is 1. The second kappa shape index (κ2) is 4.10. The fourth-order valence-corrected chi connectivity index (χ4v) is 2.59. The van der Waals surface area contributed by atoms with E-state index in [1.165, 1.54) is 0 Å². The van der Waals surface area contributed by atoms with Gasteiger partial charge in [-0.15, -0.1) is 0 Å². The van der Waals surface area contributed by atoms with E-state index >= 15 is 0 Å². The lowest BCUT2D eigenvalue weighted by Gasteiger charge is -2.06. The van der Waals surface area contributed by atoms with Crippen molar-refractivity contribution in [2.45, 2.75) is 0 Å². The van der Waals surface area contributed by atoms with Crippen molar-refractivity contribution in [3.63, 3.8) is 0 Å². The Hall–Kier alpha value is -1.87. The minimum atomic E-state index is -0.392. The molecule has 0 aliphatic rings. The average molecular weight is 300 g/mol. The summed E-state index contributed by atoms with van der Waals surface area (Å²) in [5.41, 5.74) is 5.97. The fraction of sp³-hybridized carbons (Fsp3) is 0. The van der Waals surface area contributed by atoms with Crippen LogP contribution in [-0.2, 0) is 0 Å². The van der Waals surface area contributed by atoms with Crippen LogP contribution in [0, 0.1) is 0 Å². The van der Waals surface area contributed by atoms with E-state index in [0.29, 0.717) is 5.56 Å². The third-order valence-corrected chi connectivity index (χ3v) is 3.56. The van der Waals surface area contributed by atoms with Crippen molar-refractivity contribution < 1.29 is 4.79 Å². The van der Waals surface area contributed by atoms with Crippen LogP contribution in [0.1, 0.15) is 10.4 Å². The number of amides is 1. The predicted octanol–water partition coefficient (Wildman–Crippen LogP) is 3.85. The van der Waals surface area contributed by atoms with Crippen LogP contribution in [-0.4, -0.2) is 5.91 Å². The van der Waals surface area contributed by atoms with Crippen molar-refractivity contribution in [3.05, 3.63) is 58.6 Å². The Morgan fingerprint density at radius 1 is 0.944 bits per heavy atom. The molecule has 0 heterocycles. The van der Waals surface area contributed by atoms with Crippen LogP contribution < -0.4 is 5.73 Å². The van der Waals surface area contributed by atoms with Gasteiger partial charge < -0.3 is 5.73 Å². The maximum atomic E-state index is 11.4. The number of carbonyl (C=O) groups is 1. The quantitative estimate of drug-likeness (QED) is 0.681. The first kappa shape index (κ1) is 11.2. The van der Waals surface area contributed by atoms with E-state index in [2.05, 4.69) is 28.1 Å². The Morgan fingerprint density at radius 3 is 2.56 bits per heavy atom. The highest BCUT2D eigenvalue weighted by molar-refractivity contribution is 9.10. The van der Waals surface area contributed by atoms with E-state index < -0.39 is 5.91 Å². The van der Waals surface area contributed by atoms with Crippen LogP contribution >= 0.6 is 15.9 Å². The van der Waals surface area contributed by atoms with E-state index in [-0.39, 0.29) is 0 Å². The van der Waals surface area contributed by atoms with Gasteiger partial charge in [0.1, 0.15) is 0 Å².